The number of ketones is 1. The van der Waals surface area contributed by atoms with E-state index in [9.17, 15) is 14.7 Å². The molecule has 3 aromatic heterocycles. The number of amides is 1. The number of carbonyl (C=O) groups excluding carboxylic acids is 2. The molecule has 3 aromatic rings. The molecular weight excluding hydrogens is 394 g/mol. The van der Waals surface area contributed by atoms with E-state index in [-0.39, 0.29) is 17.9 Å². The van der Waals surface area contributed by atoms with Crippen molar-refractivity contribution in [2.24, 2.45) is 0 Å². The highest BCUT2D eigenvalue weighted by Gasteiger charge is 2.44. The minimum atomic E-state index is -0.637. The topological polar surface area (TPSA) is 83.4 Å². The molecule has 0 spiro atoms. The number of rotatable bonds is 5. The fraction of sp³-hybridized carbons (Fsp3) is 0.200. The van der Waals surface area contributed by atoms with Crippen LogP contribution in [0.4, 0.5) is 0 Å². The van der Waals surface area contributed by atoms with Crippen LogP contribution in [0.3, 0.4) is 0 Å². The smallest absolute Gasteiger partial charge is 0.290 e. The molecule has 8 heteroatoms. The van der Waals surface area contributed by atoms with E-state index >= 15 is 0 Å². The average molecular weight is 412 g/mol. The number of thiazole rings is 1. The van der Waals surface area contributed by atoms with Crippen LogP contribution in [0.1, 0.15) is 36.9 Å². The molecule has 28 heavy (non-hydrogen) atoms. The Bertz CT molecular complexity index is 1070. The summed E-state index contributed by atoms with van der Waals surface area (Å²) in [5, 5.41) is 13.3. The van der Waals surface area contributed by atoms with E-state index in [1.54, 1.807) is 25.4 Å². The maximum absolute atomic E-state index is 13.3. The zero-order valence-corrected chi connectivity index (χ0v) is 16.9. The molecular formula is C20H17N3O3S2. The van der Waals surface area contributed by atoms with Gasteiger partial charge in [0.25, 0.3) is 5.91 Å². The van der Waals surface area contributed by atoms with E-state index in [0.717, 1.165) is 15.4 Å². The Labute approximate surface area is 169 Å². The highest BCUT2D eigenvalue weighted by Crippen LogP contribution is 2.42. The van der Waals surface area contributed by atoms with Gasteiger partial charge in [0.05, 0.1) is 21.2 Å². The number of aliphatic hydroxyl groups excluding tert-OH is 1. The van der Waals surface area contributed by atoms with E-state index in [1.165, 1.54) is 27.6 Å². The van der Waals surface area contributed by atoms with E-state index in [1.807, 2.05) is 30.5 Å². The molecule has 0 bridgehead atoms. The molecule has 0 aliphatic carbocycles. The third kappa shape index (κ3) is 3.14. The molecule has 142 valence electrons. The number of thiophene rings is 1. The first kappa shape index (κ1) is 18.5. The monoisotopic (exact) mass is 411 g/mol. The summed E-state index contributed by atoms with van der Waals surface area (Å²) in [6.07, 6.45) is 3.33. The van der Waals surface area contributed by atoms with Gasteiger partial charge in [0, 0.05) is 23.8 Å². The molecule has 4 heterocycles. The van der Waals surface area contributed by atoms with Crippen LogP contribution in [0.5, 0.6) is 0 Å². The van der Waals surface area contributed by atoms with Crippen molar-refractivity contribution in [2.75, 3.05) is 0 Å². The van der Waals surface area contributed by atoms with Crippen LogP contribution in [-0.4, -0.2) is 31.7 Å². The lowest BCUT2D eigenvalue weighted by Crippen LogP contribution is -2.30. The van der Waals surface area contributed by atoms with Crippen LogP contribution in [0.25, 0.3) is 0 Å². The first-order chi connectivity index (χ1) is 13.5. The Morgan fingerprint density at radius 1 is 1.29 bits per heavy atom. The number of carbonyl (C=O) groups is 2. The fourth-order valence-corrected chi connectivity index (χ4v) is 5.06. The zero-order chi connectivity index (χ0) is 19.8. The molecule has 0 fully saturated rings. The Balaban J connectivity index is 1.78. The van der Waals surface area contributed by atoms with Gasteiger partial charge in [-0.25, -0.2) is 4.98 Å². The molecule has 1 aliphatic heterocycles. The second-order valence-corrected chi connectivity index (χ2v) is 8.63. The van der Waals surface area contributed by atoms with E-state index in [4.69, 9.17) is 0 Å². The van der Waals surface area contributed by atoms with Crippen molar-refractivity contribution in [1.29, 1.82) is 0 Å². The van der Waals surface area contributed by atoms with Gasteiger partial charge in [0.2, 0.25) is 5.78 Å². The lowest BCUT2D eigenvalue weighted by molar-refractivity contribution is -0.130. The first-order valence-corrected chi connectivity index (χ1v) is 10.3. The molecule has 1 N–H and O–H groups in total. The predicted octanol–water partition coefficient (Wildman–Crippen LogP) is 3.99. The standard InChI is InChI=1S/C20H17N3O3S2/c1-11-19(28-12(2)22-11)17(24)15-16(14-6-4-8-27-14)23(20(26)18(15)25)10-13-5-3-7-21-9-13/h3-9,16,25H,10H2,1-2H3/t16-/m1/s1. The minimum Gasteiger partial charge on any atom is -0.503 e. The molecule has 0 saturated heterocycles. The maximum atomic E-state index is 13.3. The number of nitrogens with zero attached hydrogens (tertiary/aromatic N) is 3. The van der Waals surface area contributed by atoms with Crippen LogP contribution in [-0.2, 0) is 11.3 Å². The summed E-state index contributed by atoms with van der Waals surface area (Å²) in [5.41, 5.74) is 1.54. The van der Waals surface area contributed by atoms with Gasteiger partial charge in [-0.1, -0.05) is 12.1 Å². The lowest BCUT2D eigenvalue weighted by Gasteiger charge is -2.25. The number of pyridine rings is 1. The first-order valence-electron chi connectivity index (χ1n) is 8.62. The van der Waals surface area contributed by atoms with Crippen molar-refractivity contribution in [3.05, 3.63) is 79.4 Å². The Morgan fingerprint density at radius 2 is 2.11 bits per heavy atom. The summed E-state index contributed by atoms with van der Waals surface area (Å²) in [4.78, 5) is 37.4. The van der Waals surface area contributed by atoms with Gasteiger partial charge in [-0.2, -0.15) is 0 Å². The minimum absolute atomic E-state index is 0.114. The number of Topliss-reactive ketones (excluding diaryl/α,β-unsaturated/α-hetero) is 1. The van der Waals surface area contributed by atoms with Crippen molar-refractivity contribution >= 4 is 34.4 Å². The number of aryl methyl sites for hydroxylation is 2. The van der Waals surface area contributed by atoms with Crippen LogP contribution >= 0.6 is 22.7 Å². The van der Waals surface area contributed by atoms with E-state index in [2.05, 4.69) is 9.97 Å². The number of aliphatic hydroxyl groups is 1. The summed E-state index contributed by atoms with van der Waals surface area (Å²) in [6.45, 7) is 3.84. The summed E-state index contributed by atoms with van der Waals surface area (Å²) in [7, 11) is 0. The Kier molecular flexibility index (Phi) is 4.82. The average Bonchev–Trinajstić information content (AvgIpc) is 3.37. The summed E-state index contributed by atoms with van der Waals surface area (Å²) >= 11 is 2.72. The molecule has 0 aromatic carbocycles. The highest BCUT2D eigenvalue weighted by molar-refractivity contribution is 7.14. The van der Waals surface area contributed by atoms with Gasteiger partial charge in [-0.15, -0.1) is 22.7 Å². The molecule has 4 rings (SSSR count). The Hall–Kier alpha value is -2.84. The summed E-state index contributed by atoms with van der Waals surface area (Å²) in [6, 6.07) is 6.75. The van der Waals surface area contributed by atoms with Crippen molar-refractivity contribution in [3.8, 4) is 0 Å². The SMILES string of the molecule is Cc1nc(C)c(C(=O)C2=C(O)C(=O)N(Cc3cccnc3)[C@@H]2c2cccs2)s1. The number of aromatic nitrogens is 2. The number of hydrogen-bond acceptors (Lipinski definition) is 7. The molecule has 6 nitrogen and oxygen atoms in total. The third-order valence-electron chi connectivity index (χ3n) is 4.55. The molecule has 0 saturated carbocycles. The normalized spacial score (nSPS) is 16.9. The summed E-state index contributed by atoms with van der Waals surface area (Å²) < 4.78 is 0. The van der Waals surface area contributed by atoms with E-state index in [0.29, 0.717) is 10.6 Å². The molecule has 1 aliphatic rings. The van der Waals surface area contributed by atoms with Crippen molar-refractivity contribution in [2.45, 2.75) is 26.4 Å². The van der Waals surface area contributed by atoms with Crippen LogP contribution < -0.4 is 0 Å². The van der Waals surface area contributed by atoms with Gasteiger partial charge in [0.15, 0.2) is 5.76 Å². The predicted molar refractivity (Wildman–Crippen MR) is 107 cm³/mol. The fourth-order valence-electron chi connectivity index (χ4n) is 3.34. The molecule has 0 unspecified atom stereocenters. The van der Waals surface area contributed by atoms with Gasteiger partial charge in [-0.05, 0) is 36.9 Å². The van der Waals surface area contributed by atoms with Gasteiger partial charge < -0.3 is 10.0 Å². The third-order valence-corrected chi connectivity index (χ3v) is 6.54. The molecule has 0 radical (unpaired) electrons. The van der Waals surface area contributed by atoms with Gasteiger partial charge >= 0.3 is 0 Å². The van der Waals surface area contributed by atoms with Gasteiger partial charge in [-0.3, -0.25) is 14.6 Å². The summed E-state index contributed by atoms with van der Waals surface area (Å²) in [5.74, 6) is -1.39. The second kappa shape index (κ2) is 7.29. The van der Waals surface area contributed by atoms with Crippen LogP contribution in [0.15, 0.2) is 53.4 Å². The van der Waals surface area contributed by atoms with Gasteiger partial charge in [0.1, 0.15) is 6.04 Å². The quantitative estimate of drug-likeness (QED) is 0.642. The highest BCUT2D eigenvalue weighted by atomic mass is 32.1. The second-order valence-electron chi connectivity index (χ2n) is 6.45. The van der Waals surface area contributed by atoms with E-state index < -0.39 is 17.7 Å². The Morgan fingerprint density at radius 3 is 2.71 bits per heavy atom. The van der Waals surface area contributed by atoms with Crippen LogP contribution in [0.2, 0.25) is 0 Å². The largest absolute Gasteiger partial charge is 0.503 e. The number of hydrogen-bond donors (Lipinski definition) is 1. The maximum Gasteiger partial charge on any atom is 0.290 e. The van der Waals surface area contributed by atoms with Crippen molar-refractivity contribution in [3.63, 3.8) is 0 Å². The van der Waals surface area contributed by atoms with Crippen molar-refractivity contribution < 1.29 is 14.7 Å². The van der Waals surface area contributed by atoms with Crippen molar-refractivity contribution in [1.82, 2.24) is 14.9 Å². The molecule has 1 amide bonds. The zero-order valence-electron chi connectivity index (χ0n) is 15.2. The van der Waals surface area contributed by atoms with Crippen LogP contribution in [0, 0.1) is 13.8 Å². The molecule has 1 atom stereocenters. The lowest BCUT2D eigenvalue weighted by atomic mass is 10.00.